The Morgan fingerprint density at radius 3 is 2.48 bits per heavy atom. The summed E-state index contributed by atoms with van der Waals surface area (Å²) in [7, 11) is -1.74. The van der Waals surface area contributed by atoms with Crippen LogP contribution in [0.3, 0.4) is 0 Å². The topological polar surface area (TPSA) is 110 Å². The maximum Gasteiger partial charge on any atom is 0.352 e. The third kappa shape index (κ3) is 6.66. The van der Waals surface area contributed by atoms with E-state index in [0.717, 1.165) is 75.7 Å². The second-order valence-electron chi connectivity index (χ2n) is 13.6. The lowest BCUT2D eigenvalue weighted by atomic mass is 9.97. The molecule has 2 aromatic heterocycles. The molecule has 4 heterocycles. The molecule has 0 atom stereocenters. The summed E-state index contributed by atoms with van der Waals surface area (Å²) in [4.78, 5) is 15.5. The van der Waals surface area contributed by atoms with Crippen LogP contribution in [0.5, 0.6) is 5.75 Å². The zero-order chi connectivity index (χ0) is 34.8. The molecule has 11 heteroatoms. The molecule has 0 amide bonds. The Morgan fingerprint density at radius 2 is 1.68 bits per heavy atom. The lowest BCUT2D eigenvalue weighted by Crippen LogP contribution is -2.41. The van der Waals surface area contributed by atoms with Crippen molar-refractivity contribution in [1.82, 2.24) is 23.6 Å². The Kier molecular flexibility index (Phi) is 9.99. The van der Waals surface area contributed by atoms with Crippen LogP contribution in [0.2, 0.25) is 0 Å². The molecule has 0 aliphatic carbocycles. The minimum Gasteiger partial charge on any atom is -0.493 e. The van der Waals surface area contributed by atoms with Crippen molar-refractivity contribution in [2.24, 2.45) is 7.05 Å². The van der Waals surface area contributed by atoms with Crippen LogP contribution < -0.4 is 4.74 Å². The van der Waals surface area contributed by atoms with Crippen LogP contribution in [0.4, 0.5) is 0 Å². The van der Waals surface area contributed by atoms with Crippen molar-refractivity contribution in [3.8, 4) is 16.9 Å². The summed E-state index contributed by atoms with van der Waals surface area (Å²) in [5, 5.41) is 18.7. The molecule has 2 aliphatic heterocycles. The molecule has 264 valence electrons. The van der Waals surface area contributed by atoms with Crippen molar-refractivity contribution in [2.45, 2.75) is 65.0 Å². The number of para-hydroxylation sites is 1. The van der Waals surface area contributed by atoms with Crippen LogP contribution in [-0.2, 0) is 43.0 Å². The Balaban J connectivity index is 1.26. The maximum atomic E-state index is 14.0. The van der Waals surface area contributed by atoms with Crippen molar-refractivity contribution >= 4 is 37.7 Å². The number of nitrogens with zero attached hydrogens (tertiary/aromatic N) is 5. The van der Waals surface area contributed by atoms with Crippen molar-refractivity contribution in [1.29, 1.82) is 0 Å². The molecule has 50 heavy (non-hydrogen) atoms. The van der Waals surface area contributed by atoms with Crippen LogP contribution in [0.15, 0.2) is 60.7 Å². The molecule has 10 nitrogen and oxygen atoms in total. The van der Waals surface area contributed by atoms with Crippen LogP contribution in [-0.4, -0.2) is 81.6 Å². The SMILES string of the molecule is CCc1c2c(nn1C)CN(CCN1CCCCC1)S(=O)(=O)CCCn1c(C(=O)O)c(CCCOc3cccc4ccccc34)c3cccc-2c31. The number of ether oxygens (including phenoxy) is 1. The number of sulfonamides is 1. The summed E-state index contributed by atoms with van der Waals surface area (Å²) in [5.41, 5.74) is 5.31. The summed E-state index contributed by atoms with van der Waals surface area (Å²) < 4.78 is 39.6. The number of hydrogen-bond donors (Lipinski definition) is 1. The van der Waals surface area contributed by atoms with Crippen LogP contribution >= 0.6 is 0 Å². The predicted molar refractivity (Wildman–Crippen MR) is 197 cm³/mol. The first-order valence-electron chi connectivity index (χ1n) is 18.0. The number of piperidine rings is 1. The Labute approximate surface area is 294 Å². The molecule has 0 unspecified atom stereocenters. The normalized spacial score (nSPS) is 17.1. The van der Waals surface area contributed by atoms with E-state index < -0.39 is 16.0 Å². The van der Waals surface area contributed by atoms with Gasteiger partial charge in [0.05, 0.1) is 30.1 Å². The summed E-state index contributed by atoms with van der Waals surface area (Å²) >= 11 is 0. The molecule has 1 N–H and O–H groups in total. The third-order valence-corrected chi connectivity index (χ3v) is 12.3. The van der Waals surface area contributed by atoms with Gasteiger partial charge in [-0.15, -0.1) is 0 Å². The van der Waals surface area contributed by atoms with Crippen molar-refractivity contribution in [3.05, 3.63) is 83.3 Å². The van der Waals surface area contributed by atoms with Gasteiger partial charge >= 0.3 is 5.97 Å². The van der Waals surface area contributed by atoms with E-state index >= 15 is 0 Å². The first kappa shape index (κ1) is 34.3. The number of hydrogen-bond acceptors (Lipinski definition) is 6. The number of fused-ring (bicyclic) bond motifs is 3. The highest BCUT2D eigenvalue weighted by atomic mass is 32.2. The van der Waals surface area contributed by atoms with E-state index in [9.17, 15) is 18.3 Å². The van der Waals surface area contributed by atoms with E-state index in [-0.39, 0.29) is 24.5 Å². The fraction of sp³-hybridized carbons (Fsp3) is 0.436. The highest BCUT2D eigenvalue weighted by Crippen LogP contribution is 2.39. The molecule has 0 saturated carbocycles. The van der Waals surface area contributed by atoms with Gasteiger partial charge in [0.25, 0.3) is 0 Å². The van der Waals surface area contributed by atoms with Crippen molar-refractivity contribution in [2.75, 3.05) is 38.5 Å². The van der Waals surface area contributed by atoms with Crippen LogP contribution in [0.1, 0.15) is 66.5 Å². The lowest BCUT2D eigenvalue weighted by Gasteiger charge is -2.29. The second-order valence-corrected chi connectivity index (χ2v) is 15.7. The molecular weight excluding hydrogens is 651 g/mol. The standard InChI is InChI=1S/C39H47N5O5S/c1-3-34-36-32-17-10-16-30-31(18-11-25-49-35-19-9-14-28-13-5-6-15-29(28)35)38(39(45)46)44(37(30)32)22-12-26-50(47,48)43(27-33(36)40-41(34)2)24-23-42-20-7-4-8-21-42/h5-6,9-10,13-17,19H,3-4,7-8,11-12,18,20-27H2,1-2H3,(H,45,46). The van der Waals surface area contributed by atoms with Crippen molar-refractivity contribution in [3.63, 3.8) is 0 Å². The van der Waals surface area contributed by atoms with Crippen molar-refractivity contribution < 1.29 is 23.1 Å². The Bertz CT molecular complexity index is 2120. The maximum absolute atomic E-state index is 14.0. The van der Waals surface area contributed by atoms with E-state index in [1.807, 2.05) is 64.8 Å². The number of aryl methyl sites for hydroxylation is 3. The number of aromatic nitrogens is 3. The molecule has 7 rings (SSSR count). The highest BCUT2D eigenvalue weighted by Gasteiger charge is 2.31. The Morgan fingerprint density at radius 1 is 0.920 bits per heavy atom. The van der Waals surface area contributed by atoms with Gasteiger partial charge in [0.2, 0.25) is 10.0 Å². The van der Waals surface area contributed by atoms with Gasteiger partial charge in [-0.05, 0) is 68.6 Å². The van der Waals surface area contributed by atoms with Crippen LogP contribution in [0.25, 0.3) is 32.8 Å². The summed E-state index contributed by atoms with van der Waals surface area (Å²) in [6, 6.07) is 20.1. The van der Waals surface area contributed by atoms with Gasteiger partial charge in [0, 0.05) is 54.3 Å². The van der Waals surface area contributed by atoms with E-state index in [4.69, 9.17) is 9.84 Å². The molecule has 1 fully saturated rings. The van der Waals surface area contributed by atoms with Gasteiger partial charge in [-0.3, -0.25) is 4.68 Å². The zero-order valence-electron chi connectivity index (χ0n) is 29.1. The minimum atomic E-state index is -3.66. The van der Waals surface area contributed by atoms with Gasteiger partial charge in [0.1, 0.15) is 11.4 Å². The first-order valence-corrected chi connectivity index (χ1v) is 19.6. The first-order chi connectivity index (χ1) is 24.3. The quantitative estimate of drug-likeness (QED) is 0.166. The number of benzene rings is 3. The van der Waals surface area contributed by atoms with Gasteiger partial charge < -0.3 is 19.3 Å². The van der Waals surface area contributed by atoms with Gasteiger partial charge in [0.15, 0.2) is 0 Å². The van der Waals surface area contributed by atoms with Gasteiger partial charge in [-0.1, -0.05) is 67.9 Å². The zero-order valence-corrected chi connectivity index (χ0v) is 29.9. The van der Waals surface area contributed by atoms with E-state index in [0.29, 0.717) is 51.1 Å². The molecule has 2 aliphatic rings. The minimum absolute atomic E-state index is 0.0646. The number of likely N-dealkylation sites (tertiary alicyclic amines) is 1. The van der Waals surface area contributed by atoms with E-state index in [1.165, 1.54) is 6.42 Å². The number of rotatable bonds is 10. The summed E-state index contributed by atoms with van der Waals surface area (Å²) in [6.45, 7) is 6.05. The molecule has 0 radical (unpaired) electrons. The largest absolute Gasteiger partial charge is 0.493 e. The van der Waals surface area contributed by atoms with Gasteiger partial charge in [-0.2, -0.15) is 9.40 Å². The summed E-state index contributed by atoms with van der Waals surface area (Å²) in [6.07, 6.45) is 5.63. The summed E-state index contributed by atoms with van der Waals surface area (Å²) in [5.74, 6) is -0.270. The molecule has 0 bridgehead atoms. The highest BCUT2D eigenvalue weighted by molar-refractivity contribution is 7.89. The van der Waals surface area contributed by atoms with Gasteiger partial charge in [-0.25, -0.2) is 13.2 Å². The monoisotopic (exact) mass is 697 g/mol. The second kappa shape index (κ2) is 14.6. The lowest BCUT2D eigenvalue weighted by molar-refractivity contribution is 0.0684. The average Bonchev–Trinajstić information content (AvgIpc) is 3.61. The van der Waals surface area contributed by atoms with Crippen LogP contribution in [0, 0.1) is 0 Å². The molecule has 5 aromatic rings. The molecule has 0 spiro atoms. The van der Waals surface area contributed by atoms with E-state index in [1.54, 1.807) is 4.31 Å². The number of carboxylic acid groups (broad SMARTS) is 1. The fourth-order valence-corrected chi connectivity index (χ4v) is 9.49. The number of carbonyl (C=O) groups is 1. The smallest absolute Gasteiger partial charge is 0.352 e. The molecule has 1 saturated heterocycles. The third-order valence-electron chi connectivity index (χ3n) is 10.4. The Hall–Kier alpha value is -4.19. The predicted octanol–water partition coefficient (Wildman–Crippen LogP) is 6.49. The number of aromatic carboxylic acids is 1. The molecular formula is C39H47N5O5S. The van der Waals surface area contributed by atoms with E-state index in [2.05, 4.69) is 24.0 Å². The fourth-order valence-electron chi connectivity index (χ4n) is 8.06. The number of carboxylic acids is 1. The average molecular weight is 698 g/mol. The molecule has 3 aromatic carbocycles.